The Morgan fingerprint density at radius 2 is 1.95 bits per heavy atom. The number of aryl methyl sites for hydroxylation is 1. The van der Waals surface area contributed by atoms with E-state index in [4.69, 9.17) is 11.6 Å². The molecule has 3 rings (SSSR count). The molecule has 5 heteroatoms. The van der Waals surface area contributed by atoms with Crippen LogP contribution in [0.4, 0.5) is 0 Å². The number of rotatable bonds is 4. The molecule has 0 saturated carbocycles. The molecule has 0 aliphatic heterocycles. The summed E-state index contributed by atoms with van der Waals surface area (Å²) in [4.78, 5) is 12.9. The third-order valence-electron chi connectivity index (χ3n) is 3.26. The molecule has 0 spiro atoms. The summed E-state index contributed by atoms with van der Waals surface area (Å²) in [5.41, 5.74) is 3.05. The van der Waals surface area contributed by atoms with E-state index in [-0.39, 0.29) is 0 Å². The lowest BCUT2D eigenvalue weighted by Crippen LogP contribution is -2.14. The molecule has 0 atom stereocenters. The molecule has 1 N–H and O–H groups in total. The van der Waals surface area contributed by atoms with Crippen molar-refractivity contribution in [2.45, 2.75) is 20.0 Å². The van der Waals surface area contributed by atoms with Gasteiger partial charge in [-0.25, -0.2) is 9.97 Å². The van der Waals surface area contributed by atoms with E-state index in [9.17, 15) is 0 Å². The van der Waals surface area contributed by atoms with Gasteiger partial charge in [-0.15, -0.1) is 0 Å². The molecule has 2 heterocycles. The first-order chi connectivity index (χ1) is 10.2. The number of halogens is 1. The average molecular weight is 299 g/mol. The van der Waals surface area contributed by atoms with Crippen LogP contribution in [0.3, 0.4) is 0 Å². The standard InChI is InChI=1S/C16H15ClN4/c1-11-19-8-6-13(21-11)10-18-9-12-4-5-15(17)14-3-2-7-20-16(12)14/h2-8,18H,9-10H2,1H3. The summed E-state index contributed by atoms with van der Waals surface area (Å²) >= 11 is 6.20. The monoisotopic (exact) mass is 298 g/mol. The van der Waals surface area contributed by atoms with Crippen LogP contribution in [0.15, 0.2) is 42.7 Å². The first kappa shape index (κ1) is 13.9. The van der Waals surface area contributed by atoms with Crippen molar-refractivity contribution < 1.29 is 0 Å². The van der Waals surface area contributed by atoms with Crippen molar-refractivity contribution in [3.63, 3.8) is 0 Å². The van der Waals surface area contributed by atoms with Crippen molar-refractivity contribution >= 4 is 22.5 Å². The molecule has 0 aliphatic rings. The van der Waals surface area contributed by atoms with Gasteiger partial charge < -0.3 is 5.32 Å². The van der Waals surface area contributed by atoms with Crippen LogP contribution in [0.25, 0.3) is 10.9 Å². The van der Waals surface area contributed by atoms with Crippen LogP contribution in [-0.4, -0.2) is 15.0 Å². The number of nitrogens with zero attached hydrogens (tertiary/aromatic N) is 3. The normalized spacial score (nSPS) is 11.0. The van der Waals surface area contributed by atoms with Crippen LogP contribution in [0.5, 0.6) is 0 Å². The third-order valence-corrected chi connectivity index (χ3v) is 3.58. The van der Waals surface area contributed by atoms with Crippen LogP contribution in [0, 0.1) is 6.92 Å². The van der Waals surface area contributed by atoms with Gasteiger partial charge in [0.05, 0.1) is 11.2 Å². The fraction of sp³-hybridized carbons (Fsp3) is 0.188. The molecule has 0 saturated heterocycles. The maximum atomic E-state index is 6.20. The molecule has 0 radical (unpaired) electrons. The predicted octanol–water partition coefficient (Wildman–Crippen LogP) is 3.28. The van der Waals surface area contributed by atoms with Crippen LogP contribution in [0.2, 0.25) is 5.02 Å². The summed E-state index contributed by atoms with van der Waals surface area (Å²) in [6.07, 6.45) is 3.56. The summed E-state index contributed by atoms with van der Waals surface area (Å²) in [6, 6.07) is 9.72. The highest BCUT2D eigenvalue weighted by atomic mass is 35.5. The smallest absolute Gasteiger partial charge is 0.125 e. The lowest BCUT2D eigenvalue weighted by atomic mass is 10.1. The van der Waals surface area contributed by atoms with E-state index in [1.807, 2.05) is 37.3 Å². The zero-order valence-corrected chi connectivity index (χ0v) is 12.4. The molecular weight excluding hydrogens is 284 g/mol. The van der Waals surface area contributed by atoms with E-state index in [2.05, 4.69) is 20.3 Å². The maximum absolute atomic E-state index is 6.20. The Balaban J connectivity index is 1.75. The molecule has 0 amide bonds. The number of aromatic nitrogens is 3. The number of nitrogens with one attached hydrogen (secondary N) is 1. The molecule has 2 aromatic heterocycles. The third kappa shape index (κ3) is 3.17. The number of benzene rings is 1. The van der Waals surface area contributed by atoms with E-state index < -0.39 is 0 Å². The zero-order valence-electron chi connectivity index (χ0n) is 11.7. The SMILES string of the molecule is Cc1nccc(CNCc2ccc(Cl)c3cccnc23)n1. The van der Waals surface area contributed by atoms with Crippen molar-refractivity contribution in [3.05, 3.63) is 64.8 Å². The Morgan fingerprint density at radius 3 is 2.81 bits per heavy atom. The minimum atomic E-state index is 0.695. The number of pyridine rings is 1. The molecule has 0 fully saturated rings. The van der Waals surface area contributed by atoms with Crippen molar-refractivity contribution in [1.82, 2.24) is 20.3 Å². The van der Waals surface area contributed by atoms with Gasteiger partial charge in [0.25, 0.3) is 0 Å². The minimum Gasteiger partial charge on any atom is -0.307 e. The minimum absolute atomic E-state index is 0.695. The second-order valence-electron chi connectivity index (χ2n) is 4.80. The maximum Gasteiger partial charge on any atom is 0.125 e. The molecule has 3 aromatic rings. The first-order valence-electron chi connectivity index (χ1n) is 6.75. The molecule has 4 nitrogen and oxygen atoms in total. The Hall–Kier alpha value is -2.04. The molecule has 106 valence electrons. The van der Waals surface area contributed by atoms with Crippen molar-refractivity contribution in [2.24, 2.45) is 0 Å². The Labute approximate surface area is 128 Å². The predicted molar refractivity (Wildman–Crippen MR) is 84.1 cm³/mol. The van der Waals surface area contributed by atoms with E-state index in [0.29, 0.717) is 13.1 Å². The second kappa shape index (κ2) is 6.16. The molecule has 0 aliphatic carbocycles. The Bertz CT molecular complexity index is 773. The number of hydrogen-bond donors (Lipinski definition) is 1. The van der Waals surface area contributed by atoms with E-state index in [1.54, 1.807) is 12.4 Å². The first-order valence-corrected chi connectivity index (χ1v) is 7.13. The van der Waals surface area contributed by atoms with Gasteiger partial charge in [-0.2, -0.15) is 0 Å². The van der Waals surface area contributed by atoms with Crippen molar-refractivity contribution in [2.75, 3.05) is 0 Å². The van der Waals surface area contributed by atoms with Crippen LogP contribution < -0.4 is 5.32 Å². The van der Waals surface area contributed by atoms with Gasteiger partial charge in [0.15, 0.2) is 0 Å². The molecule has 21 heavy (non-hydrogen) atoms. The molecule has 0 bridgehead atoms. The van der Waals surface area contributed by atoms with Gasteiger partial charge in [0.2, 0.25) is 0 Å². The Morgan fingerprint density at radius 1 is 1.05 bits per heavy atom. The van der Waals surface area contributed by atoms with E-state index in [1.165, 1.54) is 0 Å². The topological polar surface area (TPSA) is 50.7 Å². The highest BCUT2D eigenvalue weighted by Crippen LogP contribution is 2.24. The second-order valence-corrected chi connectivity index (χ2v) is 5.21. The number of hydrogen-bond acceptors (Lipinski definition) is 4. The summed E-state index contributed by atoms with van der Waals surface area (Å²) in [6.45, 7) is 3.30. The van der Waals surface area contributed by atoms with Gasteiger partial charge >= 0.3 is 0 Å². The van der Waals surface area contributed by atoms with Gasteiger partial charge in [-0.1, -0.05) is 17.7 Å². The van der Waals surface area contributed by atoms with Gasteiger partial charge in [-0.05, 0) is 36.8 Å². The van der Waals surface area contributed by atoms with E-state index in [0.717, 1.165) is 33.0 Å². The number of fused-ring (bicyclic) bond motifs is 1. The fourth-order valence-electron chi connectivity index (χ4n) is 2.27. The Kier molecular flexibility index (Phi) is 4.08. The van der Waals surface area contributed by atoms with Gasteiger partial charge in [-0.3, -0.25) is 4.98 Å². The highest BCUT2D eigenvalue weighted by Gasteiger charge is 2.05. The molecule has 0 unspecified atom stereocenters. The molecule has 1 aromatic carbocycles. The summed E-state index contributed by atoms with van der Waals surface area (Å²) in [5.74, 6) is 0.785. The van der Waals surface area contributed by atoms with Gasteiger partial charge in [0, 0.05) is 35.9 Å². The lowest BCUT2D eigenvalue weighted by molar-refractivity contribution is 0.677. The average Bonchev–Trinajstić information content (AvgIpc) is 2.50. The summed E-state index contributed by atoms with van der Waals surface area (Å²) in [5, 5.41) is 5.10. The van der Waals surface area contributed by atoms with Crippen LogP contribution in [0.1, 0.15) is 17.1 Å². The summed E-state index contributed by atoms with van der Waals surface area (Å²) in [7, 11) is 0. The lowest BCUT2D eigenvalue weighted by Gasteiger charge is -2.08. The van der Waals surface area contributed by atoms with Crippen LogP contribution >= 0.6 is 11.6 Å². The van der Waals surface area contributed by atoms with Crippen molar-refractivity contribution in [1.29, 1.82) is 0 Å². The van der Waals surface area contributed by atoms with Crippen molar-refractivity contribution in [3.8, 4) is 0 Å². The quantitative estimate of drug-likeness (QED) is 0.803. The largest absolute Gasteiger partial charge is 0.307 e. The highest BCUT2D eigenvalue weighted by molar-refractivity contribution is 6.35. The van der Waals surface area contributed by atoms with Crippen LogP contribution in [-0.2, 0) is 13.1 Å². The van der Waals surface area contributed by atoms with Gasteiger partial charge in [0.1, 0.15) is 5.82 Å². The summed E-state index contributed by atoms with van der Waals surface area (Å²) < 4.78 is 0. The fourth-order valence-corrected chi connectivity index (χ4v) is 2.48. The zero-order chi connectivity index (χ0) is 14.7. The van der Waals surface area contributed by atoms with E-state index >= 15 is 0 Å². The molecular formula is C16H15ClN4.